The van der Waals surface area contributed by atoms with Crippen LogP contribution in [0.1, 0.15) is 29.3 Å². The van der Waals surface area contributed by atoms with Crippen molar-refractivity contribution in [3.63, 3.8) is 0 Å². The molecule has 5 nitrogen and oxygen atoms in total. The lowest BCUT2D eigenvalue weighted by Gasteiger charge is -2.09. The average Bonchev–Trinajstić information content (AvgIpc) is 2.62. The SMILES string of the molecule is CCC(=O)C(C#N)C(=O)Nc1ccc(C(=O)c2ccc(Cl)cc2)cc1. The van der Waals surface area contributed by atoms with Crippen molar-refractivity contribution in [1.82, 2.24) is 0 Å². The van der Waals surface area contributed by atoms with Crippen molar-refractivity contribution in [2.75, 3.05) is 5.32 Å². The number of nitrogens with one attached hydrogen (secondary N) is 1. The van der Waals surface area contributed by atoms with Crippen molar-refractivity contribution >= 4 is 34.8 Å². The van der Waals surface area contributed by atoms with Gasteiger partial charge in [-0.2, -0.15) is 5.26 Å². The third-order valence-corrected chi connectivity index (χ3v) is 3.83. The lowest BCUT2D eigenvalue weighted by molar-refractivity contribution is -0.128. The van der Waals surface area contributed by atoms with Gasteiger partial charge in [0, 0.05) is 28.3 Å². The molecule has 1 N–H and O–H groups in total. The molecule has 2 rings (SSSR count). The van der Waals surface area contributed by atoms with E-state index in [1.165, 1.54) is 0 Å². The van der Waals surface area contributed by atoms with Gasteiger partial charge in [-0.15, -0.1) is 0 Å². The van der Waals surface area contributed by atoms with Crippen LogP contribution in [0.3, 0.4) is 0 Å². The van der Waals surface area contributed by atoms with E-state index in [0.29, 0.717) is 21.8 Å². The summed E-state index contributed by atoms with van der Waals surface area (Å²) in [5.74, 6) is -2.62. The number of hydrogen-bond acceptors (Lipinski definition) is 4. The summed E-state index contributed by atoms with van der Waals surface area (Å²) in [7, 11) is 0. The number of Topliss-reactive ketones (excluding diaryl/α,β-unsaturated/α-hetero) is 1. The normalized spacial score (nSPS) is 11.2. The summed E-state index contributed by atoms with van der Waals surface area (Å²) < 4.78 is 0. The molecule has 1 atom stereocenters. The van der Waals surface area contributed by atoms with E-state index in [-0.39, 0.29) is 12.2 Å². The van der Waals surface area contributed by atoms with Gasteiger partial charge in [-0.1, -0.05) is 18.5 Å². The lowest BCUT2D eigenvalue weighted by Crippen LogP contribution is -2.28. The van der Waals surface area contributed by atoms with E-state index in [1.54, 1.807) is 61.5 Å². The second-order valence-corrected chi connectivity index (χ2v) is 5.72. The highest BCUT2D eigenvalue weighted by Gasteiger charge is 2.24. The molecule has 2 aromatic rings. The number of rotatable bonds is 6. The number of amides is 1. The monoisotopic (exact) mass is 354 g/mol. The van der Waals surface area contributed by atoms with Gasteiger partial charge in [-0.05, 0) is 48.5 Å². The first-order chi connectivity index (χ1) is 12.0. The second-order valence-electron chi connectivity index (χ2n) is 5.28. The first kappa shape index (κ1) is 18.4. The molecule has 1 amide bonds. The smallest absolute Gasteiger partial charge is 0.249 e. The molecule has 0 heterocycles. The number of hydrogen-bond donors (Lipinski definition) is 1. The summed E-state index contributed by atoms with van der Waals surface area (Å²) in [6.45, 7) is 1.59. The van der Waals surface area contributed by atoms with Gasteiger partial charge in [-0.25, -0.2) is 0 Å². The van der Waals surface area contributed by atoms with Gasteiger partial charge >= 0.3 is 0 Å². The molecule has 0 spiro atoms. The molecular weight excluding hydrogens is 340 g/mol. The van der Waals surface area contributed by atoms with Gasteiger partial charge in [0.2, 0.25) is 5.91 Å². The molecule has 0 bridgehead atoms. The Morgan fingerprint density at radius 3 is 2.04 bits per heavy atom. The highest BCUT2D eigenvalue weighted by Crippen LogP contribution is 2.17. The van der Waals surface area contributed by atoms with Crippen LogP contribution in [0.5, 0.6) is 0 Å². The minimum Gasteiger partial charge on any atom is -0.325 e. The molecule has 6 heteroatoms. The van der Waals surface area contributed by atoms with Crippen LogP contribution in [0.4, 0.5) is 5.69 Å². The molecule has 0 saturated carbocycles. The fourth-order valence-corrected chi connectivity index (χ4v) is 2.29. The van der Waals surface area contributed by atoms with Crippen molar-refractivity contribution in [3.8, 4) is 6.07 Å². The maximum atomic E-state index is 12.4. The van der Waals surface area contributed by atoms with E-state index >= 15 is 0 Å². The third-order valence-electron chi connectivity index (χ3n) is 3.58. The molecule has 0 aliphatic carbocycles. The van der Waals surface area contributed by atoms with Crippen LogP contribution in [0.15, 0.2) is 48.5 Å². The number of carbonyl (C=O) groups excluding carboxylic acids is 3. The number of carbonyl (C=O) groups is 3. The molecule has 0 radical (unpaired) electrons. The van der Waals surface area contributed by atoms with Gasteiger partial charge < -0.3 is 5.32 Å². The maximum Gasteiger partial charge on any atom is 0.249 e. The first-order valence-electron chi connectivity index (χ1n) is 7.59. The van der Waals surface area contributed by atoms with Crippen molar-refractivity contribution in [3.05, 3.63) is 64.7 Å². The Balaban J connectivity index is 2.10. The number of halogens is 1. The van der Waals surface area contributed by atoms with Crippen LogP contribution in [0.2, 0.25) is 5.02 Å². The summed E-state index contributed by atoms with van der Waals surface area (Å²) in [6, 6.07) is 14.5. The van der Waals surface area contributed by atoms with Crippen LogP contribution in [0, 0.1) is 17.2 Å². The van der Waals surface area contributed by atoms with Crippen LogP contribution >= 0.6 is 11.6 Å². The largest absolute Gasteiger partial charge is 0.325 e. The fraction of sp³-hybridized carbons (Fsp3) is 0.158. The number of benzene rings is 2. The van der Waals surface area contributed by atoms with Crippen molar-refractivity contribution < 1.29 is 14.4 Å². The molecule has 0 aromatic heterocycles. The molecule has 0 aliphatic rings. The third kappa shape index (κ3) is 4.52. The second kappa shape index (κ2) is 8.22. The average molecular weight is 355 g/mol. The highest BCUT2D eigenvalue weighted by molar-refractivity contribution is 6.30. The van der Waals surface area contributed by atoms with Crippen molar-refractivity contribution in [1.29, 1.82) is 5.26 Å². The van der Waals surface area contributed by atoms with E-state index in [2.05, 4.69) is 5.32 Å². The van der Waals surface area contributed by atoms with Gasteiger partial charge in [0.25, 0.3) is 0 Å². The maximum absolute atomic E-state index is 12.4. The summed E-state index contributed by atoms with van der Waals surface area (Å²) in [6.07, 6.45) is 0.111. The molecule has 25 heavy (non-hydrogen) atoms. The minimum absolute atomic E-state index is 0.111. The number of ketones is 2. The summed E-state index contributed by atoms with van der Waals surface area (Å²) in [5.41, 5.74) is 1.35. The van der Waals surface area contributed by atoms with Crippen LogP contribution in [0.25, 0.3) is 0 Å². The van der Waals surface area contributed by atoms with Crippen LogP contribution in [-0.4, -0.2) is 17.5 Å². The van der Waals surface area contributed by atoms with Crippen molar-refractivity contribution in [2.45, 2.75) is 13.3 Å². The standard InChI is InChI=1S/C19H15ClN2O3/c1-2-17(23)16(11-21)19(25)22-15-9-5-13(6-10-15)18(24)12-3-7-14(20)8-4-12/h3-10,16H,2H2,1H3,(H,22,25). The Labute approximate surface area is 150 Å². The van der Waals surface area contributed by atoms with Gasteiger partial charge in [0.15, 0.2) is 17.5 Å². The lowest BCUT2D eigenvalue weighted by atomic mass is 10.0. The Hall–Kier alpha value is -2.97. The minimum atomic E-state index is -1.33. The topological polar surface area (TPSA) is 87.0 Å². The molecule has 126 valence electrons. The predicted molar refractivity (Wildman–Crippen MR) is 94.4 cm³/mol. The molecule has 1 unspecified atom stereocenters. The molecule has 0 aliphatic heterocycles. The number of nitrogens with zero attached hydrogens (tertiary/aromatic N) is 1. The zero-order chi connectivity index (χ0) is 18.4. The highest BCUT2D eigenvalue weighted by atomic mass is 35.5. The summed E-state index contributed by atoms with van der Waals surface area (Å²) >= 11 is 5.80. The molecular formula is C19H15ClN2O3. The Morgan fingerprint density at radius 1 is 1.04 bits per heavy atom. The van der Waals surface area contributed by atoms with Gasteiger partial charge in [-0.3, -0.25) is 14.4 Å². The zero-order valence-corrected chi connectivity index (χ0v) is 14.2. The molecule has 0 fully saturated rings. The van der Waals surface area contributed by atoms with Gasteiger partial charge in [0.05, 0.1) is 6.07 Å². The van der Waals surface area contributed by atoms with Crippen molar-refractivity contribution in [2.24, 2.45) is 5.92 Å². The van der Waals surface area contributed by atoms with Crippen LogP contribution < -0.4 is 5.32 Å². The van der Waals surface area contributed by atoms with E-state index in [0.717, 1.165) is 0 Å². The van der Waals surface area contributed by atoms with E-state index in [9.17, 15) is 14.4 Å². The van der Waals surface area contributed by atoms with E-state index in [1.807, 2.05) is 0 Å². The quantitative estimate of drug-likeness (QED) is 0.633. The number of nitriles is 1. The first-order valence-corrected chi connectivity index (χ1v) is 7.97. The van der Waals surface area contributed by atoms with Gasteiger partial charge in [0.1, 0.15) is 0 Å². The fourth-order valence-electron chi connectivity index (χ4n) is 2.17. The summed E-state index contributed by atoms with van der Waals surface area (Å²) in [5, 5.41) is 12.0. The predicted octanol–water partition coefficient (Wildman–Crippen LogP) is 3.63. The Kier molecular flexibility index (Phi) is 6.04. The van der Waals surface area contributed by atoms with E-state index < -0.39 is 17.6 Å². The van der Waals surface area contributed by atoms with E-state index in [4.69, 9.17) is 16.9 Å². The Bertz CT molecular complexity index is 836. The Morgan fingerprint density at radius 2 is 1.56 bits per heavy atom. The summed E-state index contributed by atoms with van der Waals surface area (Å²) in [4.78, 5) is 35.9. The number of anilines is 1. The molecule has 0 saturated heterocycles. The van der Waals surface area contributed by atoms with Crippen LogP contribution in [-0.2, 0) is 9.59 Å². The molecule has 2 aromatic carbocycles. The zero-order valence-electron chi connectivity index (χ0n) is 13.5.